The average Bonchev–Trinajstić information content (AvgIpc) is 2.38. The zero-order valence-electron chi connectivity index (χ0n) is 8.88. The number of carbonyl (C=O) groups is 1. The van der Waals surface area contributed by atoms with Crippen LogP contribution in [-0.2, 0) is 0 Å². The van der Waals surface area contributed by atoms with Crippen molar-refractivity contribution in [2.75, 3.05) is 7.11 Å². The molecule has 0 fully saturated rings. The van der Waals surface area contributed by atoms with E-state index in [9.17, 15) is 4.79 Å². The van der Waals surface area contributed by atoms with Crippen LogP contribution >= 0.6 is 0 Å². The molecular formula is C13H11NO2. The van der Waals surface area contributed by atoms with E-state index in [-0.39, 0.29) is 0 Å². The molecule has 0 aliphatic rings. The molecule has 3 heteroatoms. The summed E-state index contributed by atoms with van der Waals surface area (Å²) < 4.78 is 5.15. The Morgan fingerprint density at radius 1 is 1.31 bits per heavy atom. The average molecular weight is 213 g/mol. The van der Waals surface area contributed by atoms with Gasteiger partial charge in [0.05, 0.1) is 7.11 Å². The van der Waals surface area contributed by atoms with Gasteiger partial charge in [-0.3, -0.25) is 9.78 Å². The van der Waals surface area contributed by atoms with E-state index in [1.807, 2.05) is 30.3 Å². The Bertz CT molecular complexity index is 509. The van der Waals surface area contributed by atoms with Crippen molar-refractivity contribution >= 4 is 6.29 Å². The van der Waals surface area contributed by atoms with E-state index < -0.39 is 0 Å². The molecule has 2 aromatic rings. The SMILES string of the molecule is COc1cccc(-c2ccncc2C=O)c1. The Balaban J connectivity index is 2.53. The number of nitrogens with zero attached hydrogens (tertiary/aromatic N) is 1. The summed E-state index contributed by atoms with van der Waals surface area (Å²) in [5.74, 6) is 0.770. The molecule has 1 aromatic heterocycles. The first-order valence-electron chi connectivity index (χ1n) is 4.89. The van der Waals surface area contributed by atoms with Crippen LogP contribution in [0.5, 0.6) is 5.75 Å². The highest BCUT2D eigenvalue weighted by Crippen LogP contribution is 2.25. The Kier molecular flexibility index (Phi) is 2.96. The normalized spacial score (nSPS) is 9.81. The lowest BCUT2D eigenvalue weighted by molar-refractivity contribution is 0.112. The molecule has 0 amide bonds. The van der Waals surface area contributed by atoms with Crippen LogP contribution in [0.2, 0.25) is 0 Å². The Morgan fingerprint density at radius 3 is 2.94 bits per heavy atom. The van der Waals surface area contributed by atoms with Gasteiger partial charge in [-0.15, -0.1) is 0 Å². The highest BCUT2D eigenvalue weighted by Gasteiger charge is 2.04. The Labute approximate surface area is 93.7 Å². The number of ether oxygens (including phenoxy) is 1. The molecule has 0 unspecified atom stereocenters. The number of pyridine rings is 1. The van der Waals surface area contributed by atoms with Crippen molar-refractivity contribution in [2.45, 2.75) is 0 Å². The Morgan fingerprint density at radius 2 is 2.19 bits per heavy atom. The van der Waals surface area contributed by atoms with E-state index in [1.54, 1.807) is 19.5 Å². The number of methoxy groups -OCH3 is 1. The number of hydrogen-bond acceptors (Lipinski definition) is 3. The molecule has 0 saturated carbocycles. The molecule has 0 saturated heterocycles. The number of aldehydes is 1. The topological polar surface area (TPSA) is 39.2 Å². The molecule has 0 N–H and O–H groups in total. The largest absolute Gasteiger partial charge is 0.497 e. The number of hydrogen-bond donors (Lipinski definition) is 0. The maximum absolute atomic E-state index is 10.9. The lowest BCUT2D eigenvalue weighted by Crippen LogP contribution is -1.89. The predicted molar refractivity (Wildman–Crippen MR) is 61.6 cm³/mol. The molecule has 80 valence electrons. The molecule has 1 aromatic carbocycles. The van der Waals surface area contributed by atoms with Gasteiger partial charge < -0.3 is 4.74 Å². The standard InChI is InChI=1S/C13H11NO2/c1-16-12-4-2-3-10(7-12)13-5-6-14-8-11(13)9-15/h2-9H,1H3. The van der Waals surface area contributed by atoms with Crippen LogP contribution in [0.4, 0.5) is 0 Å². The Hall–Kier alpha value is -2.16. The summed E-state index contributed by atoms with van der Waals surface area (Å²) in [6.07, 6.45) is 4.03. The number of rotatable bonds is 3. The smallest absolute Gasteiger partial charge is 0.152 e. The van der Waals surface area contributed by atoms with Gasteiger partial charge in [-0.05, 0) is 29.3 Å². The number of aromatic nitrogens is 1. The molecule has 1 heterocycles. The molecule has 0 bridgehead atoms. The zero-order chi connectivity index (χ0) is 11.4. The fourth-order valence-electron chi connectivity index (χ4n) is 1.55. The first-order valence-corrected chi connectivity index (χ1v) is 4.89. The van der Waals surface area contributed by atoms with Crippen molar-refractivity contribution in [3.63, 3.8) is 0 Å². The second kappa shape index (κ2) is 4.57. The van der Waals surface area contributed by atoms with E-state index in [1.165, 1.54) is 0 Å². The molecule has 0 spiro atoms. The fraction of sp³-hybridized carbons (Fsp3) is 0.0769. The first-order chi connectivity index (χ1) is 7.85. The van der Waals surface area contributed by atoms with E-state index in [4.69, 9.17) is 4.74 Å². The van der Waals surface area contributed by atoms with Crippen LogP contribution in [-0.4, -0.2) is 18.4 Å². The molecule has 0 aliphatic carbocycles. The number of benzene rings is 1. The van der Waals surface area contributed by atoms with Gasteiger partial charge >= 0.3 is 0 Å². The lowest BCUT2D eigenvalue weighted by Gasteiger charge is -2.06. The molecule has 2 rings (SSSR count). The van der Waals surface area contributed by atoms with Crippen LogP contribution in [0, 0.1) is 0 Å². The van der Waals surface area contributed by atoms with Gasteiger partial charge in [0.15, 0.2) is 6.29 Å². The highest BCUT2D eigenvalue weighted by atomic mass is 16.5. The maximum Gasteiger partial charge on any atom is 0.152 e. The lowest BCUT2D eigenvalue weighted by atomic mass is 10.0. The minimum absolute atomic E-state index is 0.579. The summed E-state index contributed by atoms with van der Waals surface area (Å²) in [7, 11) is 1.62. The quantitative estimate of drug-likeness (QED) is 0.735. The minimum Gasteiger partial charge on any atom is -0.497 e. The summed E-state index contributed by atoms with van der Waals surface area (Å²) >= 11 is 0. The summed E-state index contributed by atoms with van der Waals surface area (Å²) in [6, 6.07) is 9.40. The van der Waals surface area contributed by atoms with Gasteiger partial charge in [-0.1, -0.05) is 12.1 Å². The fourth-order valence-corrected chi connectivity index (χ4v) is 1.55. The van der Waals surface area contributed by atoms with E-state index in [0.29, 0.717) is 5.56 Å². The van der Waals surface area contributed by atoms with Gasteiger partial charge in [-0.25, -0.2) is 0 Å². The molecule has 3 nitrogen and oxygen atoms in total. The molecular weight excluding hydrogens is 202 g/mol. The van der Waals surface area contributed by atoms with Gasteiger partial charge in [0.1, 0.15) is 5.75 Å². The summed E-state index contributed by atoms with van der Waals surface area (Å²) in [5.41, 5.74) is 2.39. The monoisotopic (exact) mass is 213 g/mol. The van der Waals surface area contributed by atoms with Crippen LogP contribution in [0.15, 0.2) is 42.7 Å². The molecule has 0 radical (unpaired) electrons. The summed E-state index contributed by atoms with van der Waals surface area (Å²) in [4.78, 5) is 14.8. The highest BCUT2D eigenvalue weighted by molar-refractivity contribution is 5.87. The van der Waals surface area contributed by atoms with Crippen molar-refractivity contribution in [3.8, 4) is 16.9 Å². The second-order valence-corrected chi connectivity index (χ2v) is 3.31. The van der Waals surface area contributed by atoms with Crippen molar-refractivity contribution < 1.29 is 9.53 Å². The third kappa shape index (κ3) is 1.93. The van der Waals surface area contributed by atoms with Crippen molar-refractivity contribution in [1.82, 2.24) is 4.98 Å². The minimum atomic E-state index is 0.579. The van der Waals surface area contributed by atoms with E-state index >= 15 is 0 Å². The van der Waals surface area contributed by atoms with Crippen molar-refractivity contribution in [1.29, 1.82) is 0 Å². The summed E-state index contributed by atoms with van der Waals surface area (Å²) in [6.45, 7) is 0. The van der Waals surface area contributed by atoms with Crippen molar-refractivity contribution in [2.24, 2.45) is 0 Å². The number of carbonyl (C=O) groups excluding carboxylic acids is 1. The molecule has 0 atom stereocenters. The second-order valence-electron chi connectivity index (χ2n) is 3.31. The van der Waals surface area contributed by atoms with Crippen LogP contribution in [0.3, 0.4) is 0 Å². The van der Waals surface area contributed by atoms with Gasteiger partial charge in [0.25, 0.3) is 0 Å². The van der Waals surface area contributed by atoms with Crippen LogP contribution in [0.25, 0.3) is 11.1 Å². The predicted octanol–water partition coefficient (Wildman–Crippen LogP) is 2.57. The van der Waals surface area contributed by atoms with E-state index in [0.717, 1.165) is 23.2 Å². The zero-order valence-corrected chi connectivity index (χ0v) is 8.88. The first kappa shape index (κ1) is 10.4. The maximum atomic E-state index is 10.9. The van der Waals surface area contributed by atoms with Crippen LogP contribution in [0.1, 0.15) is 10.4 Å². The van der Waals surface area contributed by atoms with Gasteiger partial charge in [0, 0.05) is 18.0 Å². The third-order valence-corrected chi connectivity index (χ3v) is 2.36. The van der Waals surface area contributed by atoms with E-state index in [2.05, 4.69) is 4.98 Å². The van der Waals surface area contributed by atoms with Crippen LogP contribution < -0.4 is 4.74 Å². The summed E-state index contributed by atoms with van der Waals surface area (Å²) in [5, 5.41) is 0. The molecule has 16 heavy (non-hydrogen) atoms. The third-order valence-electron chi connectivity index (χ3n) is 2.36. The molecule has 0 aliphatic heterocycles. The van der Waals surface area contributed by atoms with Gasteiger partial charge in [-0.2, -0.15) is 0 Å². The van der Waals surface area contributed by atoms with Crippen molar-refractivity contribution in [3.05, 3.63) is 48.3 Å². The van der Waals surface area contributed by atoms with Gasteiger partial charge in [0.2, 0.25) is 0 Å².